The van der Waals surface area contributed by atoms with E-state index in [4.69, 9.17) is 0 Å². The van der Waals surface area contributed by atoms with Crippen molar-refractivity contribution in [1.29, 1.82) is 0 Å². The molecule has 0 fully saturated rings. The fourth-order valence-corrected chi connectivity index (χ4v) is 8.49. The molecule has 2 unspecified atom stereocenters. The van der Waals surface area contributed by atoms with Crippen LogP contribution in [0.5, 0.6) is 0 Å². The van der Waals surface area contributed by atoms with Crippen molar-refractivity contribution in [1.82, 2.24) is 10.6 Å². The van der Waals surface area contributed by atoms with Crippen LogP contribution in [0.4, 0.5) is 0 Å². The average Bonchev–Trinajstić information content (AvgIpc) is 3.19. The zero-order chi connectivity index (χ0) is 44.7. The maximum atomic E-state index is 10.5. The molecular weight excluding hydrogens is 837 g/mol. The number of unbranched alkanes of at least 4 members (excludes halogenated alkanes) is 34. The maximum Gasteiger partial charge on any atom is 2.00 e. The Morgan fingerprint density at radius 3 is 0.721 bits per heavy atom. The molecule has 0 aromatic heterocycles. The Labute approximate surface area is 409 Å². The smallest absolute Gasteiger partial charge is 0.748 e. The summed E-state index contributed by atoms with van der Waals surface area (Å²) in [7, 11) is -8.32. The topological polar surface area (TPSA) is 179 Å². The van der Waals surface area contributed by atoms with Gasteiger partial charge >= 0.3 is 37.7 Å². The quantitative estimate of drug-likeness (QED) is 0.0261. The Bertz CT molecular complexity index is 974. The maximum absolute atomic E-state index is 10.5. The van der Waals surface area contributed by atoms with E-state index < -0.39 is 43.9 Å². The van der Waals surface area contributed by atoms with E-state index >= 15 is 0 Å². The summed E-state index contributed by atoms with van der Waals surface area (Å²) < 4.78 is 62.8. The Morgan fingerprint density at radius 2 is 0.541 bits per heavy atom. The van der Waals surface area contributed by atoms with Crippen LogP contribution in [0, 0.1) is 0 Å². The van der Waals surface area contributed by atoms with Crippen LogP contribution >= 0.6 is 0 Å². The molecule has 2 atom stereocenters. The molecule has 0 aliphatic carbocycles. The van der Waals surface area contributed by atoms with Gasteiger partial charge in [-0.3, -0.25) is 0 Å². The van der Waals surface area contributed by atoms with E-state index in [1.807, 2.05) is 0 Å². The summed E-state index contributed by atoms with van der Waals surface area (Å²) in [5.74, 6) is -0.835. The third-order valence-corrected chi connectivity index (χ3v) is 13.0. The molecule has 364 valence electrons. The van der Waals surface area contributed by atoms with Crippen LogP contribution in [0.25, 0.3) is 0 Å². The molecule has 61 heavy (non-hydrogen) atoms. The summed E-state index contributed by atoms with van der Waals surface area (Å²) in [6.45, 7) is 5.49. The molecule has 0 radical (unpaired) electrons. The van der Waals surface area contributed by atoms with Gasteiger partial charge in [-0.2, -0.15) is 0 Å². The Hall–Kier alpha value is 0.920. The average molecular weight is 938 g/mol. The predicted molar refractivity (Wildman–Crippen MR) is 259 cm³/mol. The van der Waals surface area contributed by atoms with E-state index in [0.717, 1.165) is 38.5 Å². The Kier molecular flexibility index (Phi) is 56.3. The van der Waals surface area contributed by atoms with Crippen molar-refractivity contribution in [2.24, 2.45) is 0 Å². The van der Waals surface area contributed by atoms with E-state index in [1.165, 1.54) is 205 Å². The molecule has 0 saturated carbocycles. The van der Waals surface area contributed by atoms with Crippen LogP contribution in [-0.4, -0.2) is 124 Å². The minimum Gasteiger partial charge on any atom is -0.748 e. The second-order valence-electron chi connectivity index (χ2n) is 17.8. The summed E-state index contributed by atoms with van der Waals surface area (Å²) in [5, 5.41) is 25.3. The number of aliphatic hydroxyl groups is 2. The van der Waals surface area contributed by atoms with Gasteiger partial charge in [-0.25, -0.2) is 16.8 Å². The molecule has 0 saturated heterocycles. The van der Waals surface area contributed by atoms with Gasteiger partial charge in [0, 0.05) is 26.2 Å². The number of nitrogens with one attached hydrogen (secondary N) is 2. The van der Waals surface area contributed by atoms with Gasteiger partial charge in [0.2, 0.25) is 0 Å². The first kappa shape index (κ1) is 66.2. The van der Waals surface area contributed by atoms with Crippen molar-refractivity contribution in [3.63, 3.8) is 0 Å². The Morgan fingerprint density at radius 1 is 0.361 bits per heavy atom. The predicted octanol–water partition coefficient (Wildman–Crippen LogP) is 11.4. The molecule has 0 amide bonds. The van der Waals surface area contributed by atoms with E-state index in [-0.39, 0.29) is 50.8 Å². The molecule has 0 aliphatic rings. The third kappa shape index (κ3) is 65.3. The normalized spacial score (nSPS) is 12.8. The van der Waals surface area contributed by atoms with Crippen LogP contribution < -0.4 is 10.6 Å². The van der Waals surface area contributed by atoms with Gasteiger partial charge in [0.1, 0.15) is 0 Å². The summed E-state index contributed by atoms with van der Waals surface area (Å²) in [6.07, 6.45) is 49.1. The van der Waals surface area contributed by atoms with Gasteiger partial charge in [-0.1, -0.05) is 245 Å². The van der Waals surface area contributed by atoms with Crippen molar-refractivity contribution >= 4 is 58.0 Å². The molecule has 0 aliphatic heterocycles. The summed E-state index contributed by atoms with van der Waals surface area (Å²) in [4.78, 5) is 0. The Balaban J connectivity index is -0.00000109. The molecule has 0 heterocycles. The van der Waals surface area contributed by atoms with E-state index in [0.29, 0.717) is 13.1 Å². The van der Waals surface area contributed by atoms with Gasteiger partial charge in [-0.15, -0.1) is 0 Å². The fourth-order valence-electron chi connectivity index (χ4n) is 7.70. The molecule has 4 N–H and O–H groups in total. The largest absolute Gasteiger partial charge is 2.00 e. The second-order valence-corrected chi connectivity index (χ2v) is 20.9. The van der Waals surface area contributed by atoms with E-state index in [2.05, 4.69) is 24.5 Å². The van der Waals surface area contributed by atoms with Crippen molar-refractivity contribution in [2.75, 3.05) is 37.7 Å². The summed E-state index contributed by atoms with van der Waals surface area (Å²) in [5.41, 5.74) is 0. The van der Waals surface area contributed by atoms with Crippen LogP contribution in [0.2, 0.25) is 0 Å². The number of hydrogen-bond acceptors (Lipinski definition) is 10. The van der Waals surface area contributed by atoms with E-state index in [9.17, 15) is 36.2 Å². The fraction of sp³-hybridized carbons (Fsp3) is 1.00. The first-order valence-electron chi connectivity index (χ1n) is 25.6. The van der Waals surface area contributed by atoms with Crippen LogP contribution in [0.15, 0.2) is 0 Å². The van der Waals surface area contributed by atoms with Crippen LogP contribution in [0.1, 0.15) is 258 Å². The van der Waals surface area contributed by atoms with Crippen molar-refractivity contribution in [3.05, 3.63) is 0 Å². The zero-order valence-electron chi connectivity index (χ0n) is 40.1. The van der Waals surface area contributed by atoms with Crippen LogP contribution in [0.3, 0.4) is 0 Å². The molecule has 10 nitrogen and oxygen atoms in total. The van der Waals surface area contributed by atoms with Gasteiger partial charge in [0.25, 0.3) is 0 Å². The van der Waals surface area contributed by atoms with Gasteiger partial charge < -0.3 is 30.0 Å². The molecule has 0 aromatic rings. The van der Waals surface area contributed by atoms with Crippen LogP contribution in [-0.2, 0) is 20.2 Å². The van der Waals surface area contributed by atoms with Crippen molar-refractivity contribution < 1.29 is 36.2 Å². The van der Waals surface area contributed by atoms with E-state index in [1.54, 1.807) is 0 Å². The standard InChI is InChI=1S/2C24H51NO4S.Ca/c2*1-2-3-4-5-6-7-8-9-10-11-12-13-14-15-16-17-18-19-20-24(26)23-25-21-22-30(27,28)29;/h2*24-26H,2-23H2,1H3,(H,27,28,29);/q;;+2/p-2. The zero-order valence-corrected chi connectivity index (χ0v) is 44.0. The molecule has 0 spiro atoms. The minimum atomic E-state index is -4.16. The van der Waals surface area contributed by atoms with Crippen molar-refractivity contribution in [3.8, 4) is 0 Å². The number of hydrogen-bond donors (Lipinski definition) is 4. The third-order valence-electron chi connectivity index (χ3n) is 11.6. The first-order chi connectivity index (χ1) is 28.9. The van der Waals surface area contributed by atoms with Gasteiger partial charge in [-0.05, 0) is 12.8 Å². The summed E-state index contributed by atoms with van der Waals surface area (Å²) >= 11 is 0. The first-order valence-corrected chi connectivity index (χ1v) is 28.7. The number of aliphatic hydroxyl groups excluding tert-OH is 2. The molecule has 0 bridgehead atoms. The van der Waals surface area contributed by atoms with Gasteiger partial charge in [0.15, 0.2) is 0 Å². The molecule has 0 rings (SSSR count). The monoisotopic (exact) mass is 937 g/mol. The summed E-state index contributed by atoms with van der Waals surface area (Å²) in [6, 6.07) is 0. The molecule has 13 heteroatoms. The SMILES string of the molecule is CCCCCCCCCCCCCCCCCCCCC(O)CNCCS(=O)(=O)[O-].CCCCCCCCCCCCCCCCCCCCC(O)CNCCS(=O)(=O)[O-].[Ca+2]. The van der Waals surface area contributed by atoms with Gasteiger partial charge in [0.05, 0.1) is 43.9 Å². The minimum absolute atomic E-state index is 0. The second kappa shape index (κ2) is 51.9. The number of rotatable bonds is 48. The molecule has 0 aromatic carbocycles. The van der Waals surface area contributed by atoms with Crippen molar-refractivity contribution in [2.45, 2.75) is 270 Å². The molecular formula is C48H100CaN2O8S2.